The zero-order valence-electron chi connectivity index (χ0n) is 5.81. The van der Waals surface area contributed by atoms with E-state index in [4.69, 9.17) is 4.74 Å². The minimum atomic E-state index is 0.125. The maximum absolute atomic E-state index is 5.48. The molecule has 9 heavy (non-hydrogen) atoms. The van der Waals surface area contributed by atoms with Gasteiger partial charge in [0.15, 0.2) is 0 Å². The Bertz CT molecular complexity index is 111. The first-order valence-corrected chi connectivity index (χ1v) is 3.76. The third kappa shape index (κ3) is 0.700. The molecular formula is C7H13NO. The summed E-state index contributed by atoms with van der Waals surface area (Å²) < 4.78 is 5.48. The van der Waals surface area contributed by atoms with E-state index in [0.717, 1.165) is 19.1 Å². The van der Waals surface area contributed by atoms with Crippen LogP contribution in [0.5, 0.6) is 0 Å². The van der Waals surface area contributed by atoms with Gasteiger partial charge in [0.25, 0.3) is 0 Å². The van der Waals surface area contributed by atoms with Gasteiger partial charge in [-0.1, -0.05) is 6.92 Å². The summed E-state index contributed by atoms with van der Waals surface area (Å²) >= 11 is 0. The van der Waals surface area contributed by atoms with Gasteiger partial charge in [-0.3, -0.25) is 5.32 Å². The Balaban J connectivity index is 1.99. The van der Waals surface area contributed by atoms with Crippen molar-refractivity contribution in [2.75, 3.05) is 6.73 Å². The lowest BCUT2D eigenvalue weighted by molar-refractivity contribution is -0.198. The largest absolute Gasteiger partial charge is 0.345 e. The second kappa shape index (κ2) is 1.70. The molecule has 0 aromatic heterocycles. The van der Waals surface area contributed by atoms with Crippen LogP contribution in [-0.2, 0) is 4.74 Å². The number of hydrogen-bond acceptors (Lipinski definition) is 2. The monoisotopic (exact) mass is 127 g/mol. The maximum Gasteiger partial charge on any atom is 0.125 e. The summed E-state index contributed by atoms with van der Waals surface area (Å²) in [6.45, 7) is 2.95. The number of rotatable bonds is 2. The van der Waals surface area contributed by atoms with Crippen molar-refractivity contribution >= 4 is 0 Å². The first-order chi connectivity index (χ1) is 4.37. The topological polar surface area (TPSA) is 21.3 Å². The molecule has 2 aliphatic rings. The minimum absolute atomic E-state index is 0.125. The van der Waals surface area contributed by atoms with Crippen molar-refractivity contribution in [2.45, 2.75) is 31.9 Å². The highest BCUT2D eigenvalue weighted by Gasteiger charge is 2.49. The summed E-state index contributed by atoms with van der Waals surface area (Å²) in [5.74, 6) is 0.830. The molecule has 0 amide bonds. The van der Waals surface area contributed by atoms with E-state index in [1.807, 2.05) is 0 Å². The lowest BCUT2D eigenvalue weighted by atomic mass is 10.0. The van der Waals surface area contributed by atoms with Gasteiger partial charge in [0.2, 0.25) is 0 Å². The molecule has 52 valence electrons. The van der Waals surface area contributed by atoms with E-state index in [9.17, 15) is 0 Å². The summed E-state index contributed by atoms with van der Waals surface area (Å²) in [5.41, 5.74) is 0.125. The van der Waals surface area contributed by atoms with Crippen LogP contribution in [-0.4, -0.2) is 12.5 Å². The van der Waals surface area contributed by atoms with Crippen molar-refractivity contribution in [2.24, 2.45) is 5.92 Å². The molecule has 2 nitrogen and oxygen atoms in total. The van der Waals surface area contributed by atoms with Crippen LogP contribution in [0.1, 0.15) is 26.2 Å². The van der Waals surface area contributed by atoms with Crippen molar-refractivity contribution in [1.29, 1.82) is 0 Å². The molecule has 1 heterocycles. The van der Waals surface area contributed by atoms with E-state index in [2.05, 4.69) is 12.2 Å². The van der Waals surface area contributed by atoms with Crippen LogP contribution < -0.4 is 5.32 Å². The molecule has 1 saturated carbocycles. The molecule has 0 aromatic rings. The average Bonchev–Trinajstić information content (AvgIpc) is 2.47. The van der Waals surface area contributed by atoms with Crippen LogP contribution in [0, 0.1) is 5.92 Å². The lowest BCUT2D eigenvalue weighted by Gasteiger charge is -2.43. The van der Waals surface area contributed by atoms with Gasteiger partial charge in [-0.05, 0) is 19.3 Å². The van der Waals surface area contributed by atoms with Crippen LogP contribution in [0.15, 0.2) is 0 Å². The van der Waals surface area contributed by atoms with E-state index in [1.54, 1.807) is 0 Å². The Labute approximate surface area is 55.6 Å². The third-order valence-corrected chi connectivity index (χ3v) is 2.46. The quantitative estimate of drug-likeness (QED) is 0.599. The average molecular weight is 127 g/mol. The molecule has 2 fully saturated rings. The maximum atomic E-state index is 5.48. The fraction of sp³-hybridized carbons (Fsp3) is 1.00. The molecule has 2 heteroatoms. The van der Waals surface area contributed by atoms with E-state index in [0.29, 0.717) is 0 Å². The van der Waals surface area contributed by atoms with Crippen molar-refractivity contribution in [3.8, 4) is 0 Å². The number of nitrogens with one attached hydrogen (secondary N) is 1. The van der Waals surface area contributed by atoms with E-state index < -0.39 is 0 Å². The van der Waals surface area contributed by atoms with Crippen molar-refractivity contribution in [3.63, 3.8) is 0 Å². The predicted molar refractivity (Wildman–Crippen MR) is 34.8 cm³/mol. The Morgan fingerprint density at radius 3 is 2.44 bits per heavy atom. The fourth-order valence-electron chi connectivity index (χ4n) is 1.59. The number of hydrogen-bond donors (Lipinski definition) is 1. The zero-order valence-corrected chi connectivity index (χ0v) is 5.81. The van der Waals surface area contributed by atoms with Gasteiger partial charge in [0.05, 0.1) is 0 Å². The molecule has 1 N–H and O–H groups in total. The van der Waals surface area contributed by atoms with Gasteiger partial charge >= 0.3 is 0 Å². The van der Waals surface area contributed by atoms with Crippen molar-refractivity contribution in [1.82, 2.24) is 5.32 Å². The zero-order chi connectivity index (χ0) is 6.32. The van der Waals surface area contributed by atoms with Gasteiger partial charge in [-0.15, -0.1) is 0 Å². The predicted octanol–water partition coefficient (Wildman–Crippen LogP) is 1.08. The Kier molecular flexibility index (Phi) is 1.08. The second-order valence-corrected chi connectivity index (χ2v) is 2.98. The molecule has 1 saturated heterocycles. The molecule has 0 bridgehead atoms. The normalized spacial score (nSPS) is 42.3. The van der Waals surface area contributed by atoms with Crippen molar-refractivity contribution in [3.05, 3.63) is 0 Å². The molecule has 1 aliphatic carbocycles. The summed E-state index contributed by atoms with van der Waals surface area (Å²) in [5, 5.41) is 3.35. The van der Waals surface area contributed by atoms with E-state index >= 15 is 0 Å². The Hall–Kier alpha value is -0.0800. The molecule has 1 unspecified atom stereocenters. The summed E-state index contributed by atoms with van der Waals surface area (Å²) in [4.78, 5) is 0. The van der Waals surface area contributed by atoms with Crippen LogP contribution in [0.3, 0.4) is 0 Å². The van der Waals surface area contributed by atoms with E-state index in [-0.39, 0.29) is 5.72 Å². The van der Waals surface area contributed by atoms with Gasteiger partial charge in [0, 0.05) is 5.92 Å². The Morgan fingerprint density at radius 1 is 1.67 bits per heavy atom. The molecule has 2 rings (SSSR count). The molecule has 0 aromatic carbocycles. The first-order valence-electron chi connectivity index (χ1n) is 3.76. The highest BCUT2D eigenvalue weighted by Crippen LogP contribution is 2.44. The summed E-state index contributed by atoms with van der Waals surface area (Å²) in [6, 6.07) is 0. The van der Waals surface area contributed by atoms with Crippen LogP contribution in [0.25, 0.3) is 0 Å². The second-order valence-electron chi connectivity index (χ2n) is 2.98. The Morgan fingerprint density at radius 2 is 2.33 bits per heavy atom. The van der Waals surface area contributed by atoms with Crippen molar-refractivity contribution < 1.29 is 4.74 Å². The molecule has 0 spiro atoms. The van der Waals surface area contributed by atoms with Gasteiger partial charge in [0.1, 0.15) is 12.5 Å². The van der Waals surface area contributed by atoms with Crippen LogP contribution in [0.4, 0.5) is 0 Å². The van der Waals surface area contributed by atoms with Gasteiger partial charge < -0.3 is 4.74 Å². The van der Waals surface area contributed by atoms with Crippen LogP contribution in [0.2, 0.25) is 0 Å². The highest BCUT2D eigenvalue weighted by molar-refractivity contribution is 4.96. The standard InChI is InChI=1S/C7H13NO/c1-2-7(6-3-4-6)8-5-9-7/h6,8H,2-5H2,1H3. The first kappa shape index (κ1) is 5.69. The van der Waals surface area contributed by atoms with Gasteiger partial charge in [-0.25, -0.2) is 0 Å². The fourth-order valence-corrected chi connectivity index (χ4v) is 1.59. The smallest absolute Gasteiger partial charge is 0.125 e. The van der Waals surface area contributed by atoms with Gasteiger partial charge in [-0.2, -0.15) is 0 Å². The molecule has 1 aliphatic heterocycles. The van der Waals surface area contributed by atoms with E-state index in [1.165, 1.54) is 12.8 Å². The number of ether oxygens (including phenoxy) is 1. The van der Waals surface area contributed by atoms with Crippen LogP contribution >= 0.6 is 0 Å². The summed E-state index contributed by atoms with van der Waals surface area (Å²) in [7, 11) is 0. The SMILES string of the molecule is CCC1(C2CC2)NCO1. The minimum Gasteiger partial charge on any atom is -0.345 e. The molecule has 1 atom stereocenters. The molecular weight excluding hydrogens is 114 g/mol. The lowest BCUT2D eigenvalue weighted by Crippen LogP contribution is -2.60. The third-order valence-electron chi connectivity index (χ3n) is 2.46. The highest BCUT2D eigenvalue weighted by atomic mass is 16.6. The summed E-state index contributed by atoms with van der Waals surface area (Å²) in [6.07, 6.45) is 3.85. The molecule has 0 radical (unpaired) electrons.